The van der Waals surface area contributed by atoms with Crippen LogP contribution in [0.5, 0.6) is 11.5 Å². The maximum atomic E-state index is 5.98. The number of hydrogen-bond donors (Lipinski definition) is 0. The summed E-state index contributed by atoms with van der Waals surface area (Å²) in [5, 5.41) is 0. The van der Waals surface area contributed by atoms with Gasteiger partial charge in [0.15, 0.2) is 17.3 Å². The molecule has 2 rings (SSSR count). The molecule has 0 bridgehead atoms. The molecule has 4 nitrogen and oxygen atoms in total. The van der Waals surface area contributed by atoms with Crippen LogP contribution < -0.4 is 9.47 Å². The third kappa shape index (κ3) is 4.61. The lowest BCUT2D eigenvalue weighted by atomic mass is 10.0. The molecule has 0 unspecified atom stereocenters. The lowest BCUT2D eigenvalue weighted by molar-refractivity contribution is -0.167. The molecule has 0 spiro atoms. The van der Waals surface area contributed by atoms with E-state index in [1.807, 2.05) is 18.2 Å². The predicted molar refractivity (Wildman–Crippen MR) is 91.0 cm³/mol. The summed E-state index contributed by atoms with van der Waals surface area (Å²) in [6.07, 6.45) is 0.767. The Kier molecular flexibility index (Phi) is 6.31. The SMILES string of the molecule is CCC1(c2ccc(OCC(C)C)c(OCC(C)C)c2)OCCO1. The Morgan fingerprint density at radius 1 is 0.957 bits per heavy atom. The molecule has 0 atom stereocenters. The van der Waals surface area contributed by atoms with Gasteiger partial charge in [0, 0.05) is 12.0 Å². The zero-order chi connectivity index (χ0) is 16.9. The minimum Gasteiger partial charge on any atom is -0.489 e. The molecule has 0 aromatic heterocycles. The van der Waals surface area contributed by atoms with Gasteiger partial charge in [0.25, 0.3) is 0 Å². The molecule has 0 N–H and O–H groups in total. The Balaban J connectivity index is 2.26. The minimum absolute atomic E-state index is 0.454. The van der Waals surface area contributed by atoms with E-state index in [-0.39, 0.29) is 0 Å². The zero-order valence-electron chi connectivity index (χ0n) is 15.1. The highest BCUT2D eigenvalue weighted by Crippen LogP contribution is 2.39. The number of rotatable bonds is 8. The average Bonchev–Trinajstić information content (AvgIpc) is 3.01. The van der Waals surface area contributed by atoms with Gasteiger partial charge in [-0.25, -0.2) is 0 Å². The van der Waals surface area contributed by atoms with Crippen LogP contribution in [0.4, 0.5) is 0 Å². The largest absolute Gasteiger partial charge is 0.489 e. The van der Waals surface area contributed by atoms with Gasteiger partial charge in [0.2, 0.25) is 0 Å². The number of benzene rings is 1. The third-order valence-electron chi connectivity index (χ3n) is 3.75. The smallest absolute Gasteiger partial charge is 0.194 e. The highest BCUT2D eigenvalue weighted by atomic mass is 16.7. The normalized spacial score (nSPS) is 17.0. The van der Waals surface area contributed by atoms with Gasteiger partial charge in [-0.1, -0.05) is 34.6 Å². The molecule has 1 saturated heterocycles. The molecular formula is C19H30O4. The second-order valence-corrected chi connectivity index (χ2v) is 6.87. The molecule has 0 saturated carbocycles. The first-order valence-electron chi connectivity index (χ1n) is 8.65. The summed E-state index contributed by atoms with van der Waals surface area (Å²) in [7, 11) is 0. The Bertz CT molecular complexity index is 490. The molecule has 0 amide bonds. The summed E-state index contributed by atoms with van der Waals surface area (Å²) >= 11 is 0. The lowest BCUT2D eigenvalue weighted by Crippen LogP contribution is -2.26. The molecule has 0 aliphatic carbocycles. The van der Waals surface area contributed by atoms with Gasteiger partial charge in [0.1, 0.15) is 0 Å². The van der Waals surface area contributed by atoms with Crippen molar-refractivity contribution in [3.05, 3.63) is 23.8 Å². The van der Waals surface area contributed by atoms with E-state index in [9.17, 15) is 0 Å². The quantitative estimate of drug-likeness (QED) is 0.712. The van der Waals surface area contributed by atoms with Gasteiger partial charge < -0.3 is 18.9 Å². The fourth-order valence-corrected chi connectivity index (χ4v) is 2.52. The van der Waals surface area contributed by atoms with Crippen molar-refractivity contribution in [2.75, 3.05) is 26.4 Å². The average molecular weight is 322 g/mol. The van der Waals surface area contributed by atoms with Gasteiger partial charge in [-0.3, -0.25) is 0 Å². The van der Waals surface area contributed by atoms with E-state index in [1.54, 1.807) is 0 Å². The van der Waals surface area contributed by atoms with Crippen LogP contribution in [0.1, 0.15) is 46.6 Å². The number of hydrogen-bond acceptors (Lipinski definition) is 4. The van der Waals surface area contributed by atoms with Crippen LogP contribution in [-0.4, -0.2) is 26.4 Å². The first-order valence-corrected chi connectivity index (χ1v) is 8.65. The number of ether oxygens (including phenoxy) is 4. The molecule has 0 radical (unpaired) electrons. The molecule has 1 aromatic rings. The van der Waals surface area contributed by atoms with E-state index in [1.165, 1.54) is 0 Å². The van der Waals surface area contributed by atoms with E-state index in [4.69, 9.17) is 18.9 Å². The Labute approximate surface area is 140 Å². The zero-order valence-corrected chi connectivity index (χ0v) is 15.1. The third-order valence-corrected chi connectivity index (χ3v) is 3.75. The highest BCUT2D eigenvalue weighted by molar-refractivity contribution is 5.44. The van der Waals surface area contributed by atoms with Crippen LogP contribution in [0, 0.1) is 11.8 Å². The summed E-state index contributed by atoms with van der Waals surface area (Å²) in [6.45, 7) is 13.2. The molecule has 23 heavy (non-hydrogen) atoms. The highest BCUT2D eigenvalue weighted by Gasteiger charge is 2.37. The molecular weight excluding hydrogens is 292 g/mol. The molecule has 1 heterocycles. The summed E-state index contributed by atoms with van der Waals surface area (Å²) in [4.78, 5) is 0. The second-order valence-electron chi connectivity index (χ2n) is 6.87. The van der Waals surface area contributed by atoms with Crippen LogP contribution in [0.2, 0.25) is 0 Å². The molecule has 1 aromatic carbocycles. The van der Waals surface area contributed by atoms with Crippen molar-refractivity contribution in [1.29, 1.82) is 0 Å². The van der Waals surface area contributed by atoms with E-state index < -0.39 is 5.79 Å². The fourth-order valence-electron chi connectivity index (χ4n) is 2.52. The van der Waals surface area contributed by atoms with E-state index in [0.717, 1.165) is 23.5 Å². The van der Waals surface area contributed by atoms with Crippen molar-refractivity contribution in [1.82, 2.24) is 0 Å². The van der Waals surface area contributed by atoms with E-state index in [2.05, 4.69) is 34.6 Å². The molecule has 1 aliphatic heterocycles. The molecule has 130 valence electrons. The van der Waals surface area contributed by atoms with Crippen LogP contribution in [0.25, 0.3) is 0 Å². The molecule has 1 aliphatic rings. The topological polar surface area (TPSA) is 36.9 Å². The van der Waals surface area contributed by atoms with Crippen molar-refractivity contribution < 1.29 is 18.9 Å². The van der Waals surface area contributed by atoms with Crippen molar-refractivity contribution in [3.8, 4) is 11.5 Å². The van der Waals surface area contributed by atoms with Crippen molar-refractivity contribution in [2.24, 2.45) is 11.8 Å². The Hall–Kier alpha value is -1.26. The van der Waals surface area contributed by atoms with Gasteiger partial charge >= 0.3 is 0 Å². The summed E-state index contributed by atoms with van der Waals surface area (Å²) in [5.74, 6) is 1.83. The van der Waals surface area contributed by atoms with E-state index in [0.29, 0.717) is 38.3 Å². The maximum Gasteiger partial charge on any atom is 0.194 e. The van der Waals surface area contributed by atoms with Gasteiger partial charge in [-0.2, -0.15) is 0 Å². The second kappa shape index (κ2) is 8.02. The van der Waals surface area contributed by atoms with Crippen molar-refractivity contribution in [2.45, 2.75) is 46.8 Å². The summed E-state index contributed by atoms with van der Waals surface area (Å²) in [5.41, 5.74) is 0.994. The van der Waals surface area contributed by atoms with Gasteiger partial charge in [-0.05, 0) is 30.0 Å². The van der Waals surface area contributed by atoms with Crippen molar-refractivity contribution >= 4 is 0 Å². The predicted octanol–water partition coefficient (Wildman–Crippen LogP) is 4.37. The standard InChI is InChI=1S/C19H30O4/c1-6-19(22-9-10-23-19)16-7-8-17(20-12-14(2)3)18(11-16)21-13-15(4)5/h7-8,11,14-15H,6,9-10,12-13H2,1-5H3. The first-order chi connectivity index (χ1) is 11.0. The lowest BCUT2D eigenvalue weighted by Gasteiger charge is -2.27. The van der Waals surface area contributed by atoms with Crippen molar-refractivity contribution in [3.63, 3.8) is 0 Å². The van der Waals surface area contributed by atoms with Gasteiger partial charge in [-0.15, -0.1) is 0 Å². The summed E-state index contributed by atoms with van der Waals surface area (Å²) < 4.78 is 23.6. The van der Waals surface area contributed by atoms with Gasteiger partial charge in [0.05, 0.1) is 26.4 Å². The monoisotopic (exact) mass is 322 g/mol. The fraction of sp³-hybridized carbons (Fsp3) is 0.684. The van der Waals surface area contributed by atoms with Crippen LogP contribution in [0.15, 0.2) is 18.2 Å². The van der Waals surface area contributed by atoms with Crippen LogP contribution >= 0.6 is 0 Å². The first kappa shape index (κ1) is 18.1. The van der Waals surface area contributed by atoms with Crippen LogP contribution in [0.3, 0.4) is 0 Å². The Morgan fingerprint density at radius 3 is 2.04 bits per heavy atom. The Morgan fingerprint density at radius 2 is 1.52 bits per heavy atom. The molecule has 1 fully saturated rings. The maximum absolute atomic E-state index is 5.98. The van der Waals surface area contributed by atoms with Crippen LogP contribution in [-0.2, 0) is 15.3 Å². The van der Waals surface area contributed by atoms with E-state index >= 15 is 0 Å². The summed E-state index contributed by atoms with van der Waals surface area (Å²) in [6, 6.07) is 6.00. The minimum atomic E-state index is -0.646. The molecule has 4 heteroatoms.